The minimum Gasteiger partial charge on any atom is -0.494 e. The number of fused-ring (bicyclic) bond motifs is 1. The molecule has 0 amide bonds. The Morgan fingerprint density at radius 1 is 1.29 bits per heavy atom. The molecule has 1 fully saturated rings. The summed E-state index contributed by atoms with van der Waals surface area (Å²) in [6.07, 6.45) is 2.23. The lowest BCUT2D eigenvalue weighted by molar-refractivity contribution is 0.307. The number of aromatic nitrogens is 2. The van der Waals surface area contributed by atoms with Gasteiger partial charge in [0.25, 0.3) is 0 Å². The average molecular weight is 395 g/mol. The van der Waals surface area contributed by atoms with Crippen LogP contribution in [0.4, 0.5) is 5.69 Å². The molecule has 1 aliphatic heterocycles. The van der Waals surface area contributed by atoms with Crippen LogP contribution in [-0.4, -0.2) is 39.7 Å². The number of benzene rings is 2. The maximum atomic E-state index is 5.68. The number of nitrogens with one attached hydrogen (secondary N) is 2. The Labute approximate surface area is 171 Å². The Hall–Kier alpha value is -2.60. The molecule has 0 bridgehead atoms. The fraction of sp³-hybridized carbons (Fsp3) is 0.364. The molecular formula is C22H26N4OS. The summed E-state index contributed by atoms with van der Waals surface area (Å²) in [5.41, 5.74) is 4.37. The van der Waals surface area contributed by atoms with Gasteiger partial charge >= 0.3 is 0 Å². The van der Waals surface area contributed by atoms with Gasteiger partial charge in [0, 0.05) is 24.7 Å². The maximum Gasteiger partial charge on any atom is 0.173 e. The standard InChI is InChI=1S/C22H26N4OS/c1-3-27-18-9-7-17(8-10-18)23-22(28)26-12-4-5-16(14-26)21-24-19-11-6-15(2)13-20(19)25-21/h6-11,13,16H,3-5,12,14H2,1-2H3,(H,23,28)(H,24,25)/t16-/m1/s1. The minimum absolute atomic E-state index is 0.363. The van der Waals surface area contributed by atoms with Crippen molar-refractivity contribution in [2.24, 2.45) is 0 Å². The molecule has 0 saturated carbocycles. The molecule has 2 N–H and O–H groups in total. The molecule has 28 heavy (non-hydrogen) atoms. The van der Waals surface area contributed by atoms with E-state index in [2.05, 4.69) is 40.3 Å². The summed E-state index contributed by atoms with van der Waals surface area (Å²) in [6, 6.07) is 14.3. The molecule has 0 aliphatic carbocycles. The van der Waals surface area contributed by atoms with Gasteiger partial charge in [-0.15, -0.1) is 0 Å². The summed E-state index contributed by atoms with van der Waals surface area (Å²) < 4.78 is 5.50. The highest BCUT2D eigenvalue weighted by Crippen LogP contribution is 2.27. The monoisotopic (exact) mass is 394 g/mol. The van der Waals surface area contributed by atoms with Crippen LogP contribution in [0.3, 0.4) is 0 Å². The van der Waals surface area contributed by atoms with Crippen molar-refractivity contribution >= 4 is 34.1 Å². The highest BCUT2D eigenvalue weighted by molar-refractivity contribution is 7.80. The fourth-order valence-electron chi connectivity index (χ4n) is 3.73. The second-order valence-electron chi connectivity index (χ2n) is 7.32. The molecule has 5 nitrogen and oxygen atoms in total. The molecule has 1 aliphatic rings. The zero-order valence-corrected chi connectivity index (χ0v) is 17.2. The Kier molecular flexibility index (Phi) is 5.48. The predicted molar refractivity (Wildman–Crippen MR) is 118 cm³/mol. The highest BCUT2D eigenvalue weighted by Gasteiger charge is 2.25. The second kappa shape index (κ2) is 8.19. The number of imidazole rings is 1. The number of nitrogens with zero attached hydrogens (tertiary/aromatic N) is 2. The van der Waals surface area contributed by atoms with E-state index < -0.39 is 0 Å². The van der Waals surface area contributed by atoms with E-state index in [-0.39, 0.29) is 0 Å². The number of aryl methyl sites for hydroxylation is 1. The largest absolute Gasteiger partial charge is 0.494 e. The number of piperidine rings is 1. The number of likely N-dealkylation sites (tertiary alicyclic amines) is 1. The van der Waals surface area contributed by atoms with E-state index in [0.29, 0.717) is 12.5 Å². The van der Waals surface area contributed by atoms with E-state index >= 15 is 0 Å². The molecule has 1 atom stereocenters. The molecule has 2 aromatic carbocycles. The lowest BCUT2D eigenvalue weighted by Crippen LogP contribution is -2.41. The summed E-state index contributed by atoms with van der Waals surface area (Å²) in [4.78, 5) is 10.6. The van der Waals surface area contributed by atoms with Gasteiger partial charge in [-0.1, -0.05) is 6.07 Å². The van der Waals surface area contributed by atoms with Crippen LogP contribution in [0.5, 0.6) is 5.75 Å². The van der Waals surface area contributed by atoms with E-state index in [1.807, 2.05) is 31.2 Å². The van der Waals surface area contributed by atoms with Crippen LogP contribution < -0.4 is 10.1 Å². The average Bonchev–Trinajstić information content (AvgIpc) is 3.13. The van der Waals surface area contributed by atoms with Crippen LogP contribution in [0.15, 0.2) is 42.5 Å². The molecule has 3 aromatic rings. The lowest BCUT2D eigenvalue weighted by Gasteiger charge is -2.33. The summed E-state index contributed by atoms with van der Waals surface area (Å²) in [5, 5.41) is 4.12. The first kappa shape index (κ1) is 18.7. The van der Waals surface area contributed by atoms with E-state index in [1.54, 1.807) is 0 Å². The van der Waals surface area contributed by atoms with Crippen LogP contribution in [0.1, 0.15) is 37.1 Å². The lowest BCUT2D eigenvalue weighted by atomic mass is 9.98. The predicted octanol–water partition coefficient (Wildman–Crippen LogP) is 4.85. The number of rotatable bonds is 4. The third-order valence-corrected chi connectivity index (χ3v) is 5.53. The van der Waals surface area contributed by atoms with Gasteiger partial charge in [-0.2, -0.15) is 0 Å². The molecule has 6 heteroatoms. The highest BCUT2D eigenvalue weighted by atomic mass is 32.1. The van der Waals surface area contributed by atoms with Gasteiger partial charge in [-0.3, -0.25) is 0 Å². The van der Waals surface area contributed by atoms with Crippen molar-refractivity contribution in [1.82, 2.24) is 14.9 Å². The summed E-state index contributed by atoms with van der Waals surface area (Å²) >= 11 is 5.68. The summed E-state index contributed by atoms with van der Waals surface area (Å²) in [5.74, 6) is 2.30. The van der Waals surface area contributed by atoms with Crippen molar-refractivity contribution in [3.8, 4) is 5.75 Å². The van der Waals surface area contributed by atoms with Gasteiger partial charge < -0.3 is 19.9 Å². The first-order valence-corrected chi connectivity index (χ1v) is 10.3. The fourth-order valence-corrected chi connectivity index (χ4v) is 4.01. The normalized spacial score (nSPS) is 16.9. The number of ether oxygens (including phenoxy) is 1. The molecule has 1 aromatic heterocycles. The Morgan fingerprint density at radius 3 is 2.89 bits per heavy atom. The molecule has 0 radical (unpaired) electrons. The van der Waals surface area contributed by atoms with Gasteiger partial charge in [0.05, 0.1) is 17.6 Å². The molecule has 0 spiro atoms. The van der Waals surface area contributed by atoms with Gasteiger partial charge in [0.15, 0.2) is 5.11 Å². The number of hydrogen-bond acceptors (Lipinski definition) is 3. The number of H-pyrrole nitrogens is 1. The van der Waals surface area contributed by atoms with Crippen molar-refractivity contribution in [1.29, 1.82) is 0 Å². The van der Waals surface area contributed by atoms with Crippen molar-refractivity contribution < 1.29 is 4.74 Å². The maximum absolute atomic E-state index is 5.68. The van der Waals surface area contributed by atoms with Crippen LogP contribution >= 0.6 is 12.2 Å². The molecule has 0 unspecified atom stereocenters. The summed E-state index contributed by atoms with van der Waals surface area (Å²) in [6.45, 7) is 6.60. The van der Waals surface area contributed by atoms with Gasteiger partial charge in [0.1, 0.15) is 11.6 Å². The number of aromatic amines is 1. The van der Waals surface area contributed by atoms with Crippen LogP contribution in [0.2, 0.25) is 0 Å². The van der Waals surface area contributed by atoms with Gasteiger partial charge in [-0.25, -0.2) is 4.98 Å². The third kappa shape index (κ3) is 4.12. The molecule has 146 valence electrons. The Balaban J connectivity index is 1.42. The van der Waals surface area contributed by atoms with E-state index in [1.165, 1.54) is 5.56 Å². The van der Waals surface area contributed by atoms with E-state index in [4.69, 9.17) is 21.9 Å². The zero-order valence-electron chi connectivity index (χ0n) is 16.4. The number of anilines is 1. The van der Waals surface area contributed by atoms with E-state index in [9.17, 15) is 0 Å². The van der Waals surface area contributed by atoms with Crippen molar-refractivity contribution in [3.05, 3.63) is 53.9 Å². The smallest absolute Gasteiger partial charge is 0.173 e. The molecule has 2 heterocycles. The zero-order chi connectivity index (χ0) is 19.5. The van der Waals surface area contributed by atoms with Crippen molar-refractivity contribution in [2.75, 3.05) is 25.0 Å². The number of hydrogen-bond donors (Lipinski definition) is 2. The SMILES string of the molecule is CCOc1ccc(NC(=S)N2CCC[C@@H](c3nc4ccc(C)cc4[nH]3)C2)cc1. The Morgan fingerprint density at radius 2 is 2.11 bits per heavy atom. The second-order valence-corrected chi connectivity index (χ2v) is 7.70. The topological polar surface area (TPSA) is 53.2 Å². The first-order valence-electron chi connectivity index (χ1n) is 9.87. The van der Waals surface area contributed by atoms with Crippen molar-refractivity contribution in [2.45, 2.75) is 32.6 Å². The van der Waals surface area contributed by atoms with Crippen LogP contribution in [-0.2, 0) is 0 Å². The van der Waals surface area contributed by atoms with Crippen LogP contribution in [0, 0.1) is 6.92 Å². The molecule has 1 saturated heterocycles. The first-order chi connectivity index (χ1) is 13.6. The van der Waals surface area contributed by atoms with Crippen molar-refractivity contribution in [3.63, 3.8) is 0 Å². The number of thiocarbonyl (C=S) groups is 1. The summed E-state index contributed by atoms with van der Waals surface area (Å²) in [7, 11) is 0. The van der Waals surface area contributed by atoms with E-state index in [0.717, 1.165) is 59.3 Å². The van der Waals surface area contributed by atoms with Gasteiger partial charge in [-0.05, 0) is 80.9 Å². The van der Waals surface area contributed by atoms with Gasteiger partial charge in [0.2, 0.25) is 0 Å². The third-order valence-electron chi connectivity index (χ3n) is 5.17. The molecular weight excluding hydrogens is 368 g/mol. The minimum atomic E-state index is 0.363. The quantitative estimate of drug-likeness (QED) is 0.620. The Bertz CT molecular complexity index is 966. The molecule has 4 rings (SSSR count). The van der Waals surface area contributed by atoms with Crippen LogP contribution in [0.25, 0.3) is 11.0 Å².